The van der Waals surface area contributed by atoms with E-state index in [9.17, 15) is 9.90 Å². The number of hydrogen-bond donors (Lipinski definition) is 1. The predicted molar refractivity (Wildman–Crippen MR) is 97.8 cm³/mol. The standard InChI is InChI=1S/C22H34O3/c1-14-12-22-11-8-17-20(3,13-25-15(2)23)9-5-10-21(17,4)18(22)7-6-16(14)19(22)24/h16-19,24H,1,5-13H2,2-4H3/t16-,17-,18+,19+,20-,21-,22+/m1/s1. The minimum absolute atomic E-state index is 0.0743. The third-order valence-corrected chi connectivity index (χ3v) is 8.91. The molecule has 0 aromatic heterocycles. The second-order valence-electron chi connectivity index (χ2n) is 10.1. The summed E-state index contributed by atoms with van der Waals surface area (Å²) in [5.74, 6) is 1.35. The Labute approximate surface area is 152 Å². The van der Waals surface area contributed by atoms with Gasteiger partial charge in [0.25, 0.3) is 0 Å². The van der Waals surface area contributed by atoms with Crippen molar-refractivity contribution in [3.63, 3.8) is 0 Å². The number of ether oxygens (including phenoxy) is 1. The third kappa shape index (κ3) is 2.30. The van der Waals surface area contributed by atoms with E-state index in [0.29, 0.717) is 24.4 Å². The van der Waals surface area contributed by atoms with Gasteiger partial charge in [-0.05, 0) is 62.2 Å². The number of aliphatic hydroxyl groups excluding tert-OH is 1. The first-order valence-electron chi connectivity index (χ1n) is 10.2. The number of carbonyl (C=O) groups excluding carboxylic acids is 1. The average Bonchev–Trinajstić information content (AvgIpc) is 2.68. The molecule has 4 fully saturated rings. The highest BCUT2D eigenvalue weighted by atomic mass is 16.5. The molecular weight excluding hydrogens is 312 g/mol. The molecule has 0 radical (unpaired) electrons. The van der Waals surface area contributed by atoms with E-state index in [2.05, 4.69) is 20.4 Å². The van der Waals surface area contributed by atoms with Crippen molar-refractivity contribution < 1.29 is 14.6 Å². The molecule has 1 spiro atoms. The Hall–Kier alpha value is -0.830. The topological polar surface area (TPSA) is 46.5 Å². The van der Waals surface area contributed by atoms with E-state index in [1.807, 2.05) is 0 Å². The molecule has 0 aliphatic heterocycles. The van der Waals surface area contributed by atoms with Crippen LogP contribution in [0.5, 0.6) is 0 Å². The van der Waals surface area contributed by atoms with Crippen molar-refractivity contribution in [2.45, 2.75) is 78.2 Å². The summed E-state index contributed by atoms with van der Waals surface area (Å²) >= 11 is 0. The minimum Gasteiger partial charge on any atom is -0.465 e. The van der Waals surface area contributed by atoms with Crippen LogP contribution in [0.2, 0.25) is 0 Å². The average molecular weight is 347 g/mol. The molecule has 3 nitrogen and oxygen atoms in total. The molecule has 4 aliphatic rings. The molecule has 2 bridgehead atoms. The molecule has 4 rings (SSSR count). The predicted octanol–water partition coefficient (Wildman–Crippen LogP) is 4.49. The lowest BCUT2D eigenvalue weighted by molar-refractivity contribution is -0.195. The molecule has 3 heteroatoms. The van der Waals surface area contributed by atoms with Crippen molar-refractivity contribution >= 4 is 5.97 Å². The van der Waals surface area contributed by atoms with Gasteiger partial charge in [-0.2, -0.15) is 0 Å². The maximum Gasteiger partial charge on any atom is 0.302 e. The van der Waals surface area contributed by atoms with Crippen LogP contribution in [0.15, 0.2) is 12.2 Å². The number of hydrogen-bond acceptors (Lipinski definition) is 3. The fourth-order valence-corrected chi connectivity index (χ4v) is 7.97. The summed E-state index contributed by atoms with van der Waals surface area (Å²) in [7, 11) is 0. The number of carbonyl (C=O) groups is 1. The first kappa shape index (κ1) is 17.6. The summed E-state index contributed by atoms with van der Waals surface area (Å²) < 4.78 is 5.51. The van der Waals surface area contributed by atoms with Crippen LogP contribution in [-0.2, 0) is 9.53 Å². The van der Waals surface area contributed by atoms with Crippen molar-refractivity contribution in [3.8, 4) is 0 Å². The van der Waals surface area contributed by atoms with E-state index >= 15 is 0 Å². The van der Waals surface area contributed by atoms with Crippen LogP contribution in [-0.4, -0.2) is 23.8 Å². The van der Waals surface area contributed by atoms with E-state index in [4.69, 9.17) is 4.74 Å². The van der Waals surface area contributed by atoms with Crippen LogP contribution in [0.1, 0.15) is 72.1 Å². The van der Waals surface area contributed by atoms with Crippen molar-refractivity contribution in [3.05, 3.63) is 12.2 Å². The summed E-state index contributed by atoms with van der Waals surface area (Å²) in [6.45, 7) is 11.2. The van der Waals surface area contributed by atoms with Gasteiger partial charge in [-0.15, -0.1) is 0 Å². The van der Waals surface area contributed by atoms with E-state index in [-0.39, 0.29) is 28.3 Å². The number of rotatable bonds is 2. The lowest BCUT2D eigenvalue weighted by Gasteiger charge is -2.65. The van der Waals surface area contributed by atoms with Crippen LogP contribution in [0.3, 0.4) is 0 Å². The lowest BCUT2D eigenvalue weighted by Crippen LogP contribution is -2.60. The molecule has 4 saturated carbocycles. The summed E-state index contributed by atoms with van der Waals surface area (Å²) in [6, 6.07) is 0. The fraction of sp³-hybridized carbons (Fsp3) is 0.864. The Kier molecular flexibility index (Phi) is 3.92. The van der Waals surface area contributed by atoms with E-state index < -0.39 is 0 Å². The van der Waals surface area contributed by atoms with Gasteiger partial charge in [0.2, 0.25) is 0 Å². The Bertz CT molecular complexity index is 598. The van der Waals surface area contributed by atoms with Gasteiger partial charge >= 0.3 is 5.97 Å². The zero-order valence-corrected chi connectivity index (χ0v) is 16.1. The highest BCUT2D eigenvalue weighted by Crippen LogP contribution is 2.72. The van der Waals surface area contributed by atoms with Crippen molar-refractivity contribution in [2.24, 2.45) is 34.0 Å². The largest absolute Gasteiger partial charge is 0.465 e. The molecule has 0 aromatic rings. The Morgan fingerprint density at radius 1 is 1.20 bits per heavy atom. The van der Waals surface area contributed by atoms with Gasteiger partial charge < -0.3 is 9.84 Å². The van der Waals surface area contributed by atoms with Crippen LogP contribution < -0.4 is 0 Å². The smallest absolute Gasteiger partial charge is 0.302 e. The summed E-state index contributed by atoms with van der Waals surface area (Å²) in [5.41, 5.74) is 1.71. The highest BCUT2D eigenvalue weighted by Gasteiger charge is 2.67. The molecular formula is C22H34O3. The Morgan fingerprint density at radius 3 is 2.68 bits per heavy atom. The van der Waals surface area contributed by atoms with E-state index in [1.54, 1.807) is 0 Å². The Balaban J connectivity index is 1.67. The van der Waals surface area contributed by atoms with Gasteiger partial charge in [-0.25, -0.2) is 0 Å². The summed E-state index contributed by atoms with van der Waals surface area (Å²) in [4.78, 5) is 11.4. The minimum atomic E-state index is -0.182. The van der Waals surface area contributed by atoms with Crippen LogP contribution in [0.4, 0.5) is 0 Å². The van der Waals surface area contributed by atoms with Gasteiger partial charge in [0.05, 0.1) is 12.7 Å². The normalized spacial score (nSPS) is 51.6. The molecule has 0 aromatic carbocycles. The van der Waals surface area contributed by atoms with E-state index in [0.717, 1.165) is 32.1 Å². The Morgan fingerprint density at radius 2 is 1.96 bits per heavy atom. The van der Waals surface area contributed by atoms with Gasteiger partial charge in [0.15, 0.2) is 0 Å². The molecule has 0 saturated heterocycles. The van der Waals surface area contributed by atoms with Gasteiger partial charge in [0.1, 0.15) is 0 Å². The molecule has 7 atom stereocenters. The number of fused-ring (bicyclic) bond motifs is 3. The molecule has 0 unspecified atom stereocenters. The van der Waals surface area contributed by atoms with Crippen molar-refractivity contribution in [1.82, 2.24) is 0 Å². The second kappa shape index (κ2) is 5.58. The first-order chi connectivity index (χ1) is 11.7. The lowest BCUT2D eigenvalue weighted by atomic mass is 9.40. The molecule has 25 heavy (non-hydrogen) atoms. The highest BCUT2D eigenvalue weighted by molar-refractivity contribution is 5.65. The van der Waals surface area contributed by atoms with Crippen LogP contribution >= 0.6 is 0 Å². The number of esters is 1. The van der Waals surface area contributed by atoms with Gasteiger partial charge in [-0.1, -0.05) is 32.4 Å². The SMILES string of the molecule is C=C1C[C@@]23CC[C@@H]4[C@@](C)(COC(C)=O)CCC[C@@]4(C)[C@@H]2CC[C@H]1[C@@H]3O. The molecule has 0 heterocycles. The van der Waals surface area contributed by atoms with Crippen molar-refractivity contribution in [2.75, 3.05) is 6.61 Å². The summed E-state index contributed by atoms with van der Waals surface area (Å²) in [6.07, 6.45) is 9.07. The second-order valence-corrected chi connectivity index (χ2v) is 10.1. The summed E-state index contributed by atoms with van der Waals surface area (Å²) in [5, 5.41) is 11.1. The van der Waals surface area contributed by atoms with E-state index in [1.165, 1.54) is 31.8 Å². The quantitative estimate of drug-likeness (QED) is 0.592. The van der Waals surface area contributed by atoms with Crippen molar-refractivity contribution in [1.29, 1.82) is 0 Å². The van der Waals surface area contributed by atoms with Gasteiger partial charge in [0, 0.05) is 23.7 Å². The molecule has 0 amide bonds. The zero-order valence-electron chi connectivity index (χ0n) is 16.1. The maximum absolute atomic E-state index is 11.4. The maximum atomic E-state index is 11.4. The first-order valence-corrected chi connectivity index (χ1v) is 10.2. The third-order valence-electron chi connectivity index (χ3n) is 8.91. The zero-order chi connectivity index (χ0) is 18.0. The van der Waals surface area contributed by atoms with Crippen LogP contribution in [0.25, 0.3) is 0 Å². The molecule has 4 aliphatic carbocycles. The van der Waals surface area contributed by atoms with Gasteiger partial charge in [-0.3, -0.25) is 4.79 Å². The molecule has 1 N–H and O–H groups in total. The fourth-order valence-electron chi connectivity index (χ4n) is 7.97. The monoisotopic (exact) mass is 346 g/mol. The molecule has 140 valence electrons. The number of aliphatic hydroxyl groups is 1. The van der Waals surface area contributed by atoms with Crippen LogP contribution in [0, 0.1) is 34.0 Å².